The fourth-order valence-corrected chi connectivity index (χ4v) is 2.53. The Morgan fingerprint density at radius 1 is 1.33 bits per heavy atom. The topological polar surface area (TPSA) is 41.6 Å². The fourth-order valence-electron chi connectivity index (χ4n) is 2.53. The molecule has 0 atom stereocenters. The van der Waals surface area contributed by atoms with Gasteiger partial charge >= 0.3 is 6.09 Å². The van der Waals surface area contributed by atoms with Crippen LogP contribution in [0.15, 0.2) is 18.2 Å². The van der Waals surface area contributed by atoms with Gasteiger partial charge in [0.05, 0.1) is 5.69 Å². The van der Waals surface area contributed by atoms with E-state index in [1.165, 1.54) is 5.56 Å². The third-order valence-electron chi connectivity index (χ3n) is 3.27. The molecule has 1 aromatic carbocycles. The number of nitrogens with one attached hydrogen (secondary N) is 1. The van der Waals surface area contributed by atoms with E-state index in [2.05, 4.69) is 25.2 Å². The smallest absolute Gasteiger partial charge is 0.414 e. The third kappa shape index (κ3) is 4.13. The molecule has 21 heavy (non-hydrogen) atoms. The Morgan fingerprint density at radius 2 is 2.05 bits per heavy atom. The van der Waals surface area contributed by atoms with Crippen molar-refractivity contribution in [1.29, 1.82) is 0 Å². The minimum Gasteiger partial charge on any atom is -0.443 e. The summed E-state index contributed by atoms with van der Waals surface area (Å²) in [5.41, 5.74) is 2.82. The molecule has 0 saturated heterocycles. The minimum atomic E-state index is -0.464. The quantitative estimate of drug-likeness (QED) is 0.887. The zero-order valence-corrected chi connectivity index (χ0v) is 13.7. The number of carbonyl (C=O) groups excluding carboxylic acids is 1. The van der Waals surface area contributed by atoms with Crippen LogP contribution in [0.1, 0.15) is 46.6 Å². The van der Waals surface area contributed by atoms with Crippen molar-refractivity contribution in [2.75, 3.05) is 16.8 Å². The summed E-state index contributed by atoms with van der Waals surface area (Å²) in [7, 11) is 0. The molecule has 1 aromatic rings. The van der Waals surface area contributed by atoms with Crippen molar-refractivity contribution >= 4 is 17.5 Å². The molecule has 0 bridgehead atoms. The number of fused-ring (bicyclic) bond motifs is 1. The number of amides is 1. The maximum absolute atomic E-state index is 12.3. The molecule has 0 fully saturated rings. The highest BCUT2D eigenvalue weighted by molar-refractivity contribution is 5.90. The van der Waals surface area contributed by atoms with Gasteiger partial charge in [0.2, 0.25) is 0 Å². The molecule has 0 unspecified atom stereocenters. The van der Waals surface area contributed by atoms with E-state index in [1.54, 1.807) is 4.90 Å². The number of rotatable bonds is 2. The molecule has 0 aromatic heterocycles. The maximum atomic E-state index is 12.3. The number of aryl methyl sites for hydroxylation is 1. The lowest BCUT2D eigenvalue weighted by Crippen LogP contribution is -2.39. The highest BCUT2D eigenvalue weighted by Gasteiger charge is 2.27. The molecule has 116 valence electrons. The van der Waals surface area contributed by atoms with E-state index >= 15 is 0 Å². The van der Waals surface area contributed by atoms with Gasteiger partial charge in [-0.15, -0.1) is 0 Å². The van der Waals surface area contributed by atoms with Gasteiger partial charge in [0.25, 0.3) is 0 Å². The van der Waals surface area contributed by atoms with Gasteiger partial charge in [0.1, 0.15) is 5.60 Å². The molecule has 0 saturated carbocycles. The highest BCUT2D eigenvalue weighted by atomic mass is 16.6. The van der Waals surface area contributed by atoms with E-state index in [4.69, 9.17) is 4.74 Å². The number of nitrogens with zero attached hydrogens (tertiary/aromatic N) is 1. The molecular weight excluding hydrogens is 264 g/mol. The zero-order chi connectivity index (χ0) is 15.6. The first kappa shape index (κ1) is 15.7. The summed E-state index contributed by atoms with van der Waals surface area (Å²) < 4.78 is 5.50. The predicted octanol–water partition coefficient (Wildman–Crippen LogP) is 4.19. The van der Waals surface area contributed by atoms with E-state index in [1.807, 2.05) is 32.9 Å². The predicted molar refractivity (Wildman–Crippen MR) is 87.1 cm³/mol. The van der Waals surface area contributed by atoms with E-state index in [9.17, 15) is 4.79 Å². The highest BCUT2D eigenvalue weighted by Crippen LogP contribution is 2.31. The summed E-state index contributed by atoms with van der Waals surface area (Å²) >= 11 is 0. The van der Waals surface area contributed by atoms with Gasteiger partial charge in [-0.3, -0.25) is 4.90 Å². The maximum Gasteiger partial charge on any atom is 0.414 e. The van der Waals surface area contributed by atoms with Crippen LogP contribution in [0.4, 0.5) is 16.2 Å². The number of ether oxygens (including phenoxy) is 1. The van der Waals surface area contributed by atoms with Crippen LogP contribution in [0, 0.1) is 0 Å². The number of carbonyl (C=O) groups is 1. The van der Waals surface area contributed by atoms with Crippen molar-refractivity contribution in [3.05, 3.63) is 23.8 Å². The SMILES string of the molecule is CC(C)Nc1ccc2c(c1)CCCN2C(=O)OC(C)(C)C. The Balaban J connectivity index is 2.21. The Bertz CT molecular complexity index is 518. The van der Waals surface area contributed by atoms with Gasteiger partial charge < -0.3 is 10.1 Å². The van der Waals surface area contributed by atoms with Gasteiger partial charge in [-0.1, -0.05) is 0 Å². The molecule has 2 rings (SSSR count). The minimum absolute atomic E-state index is 0.256. The van der Waals surface area contributed by atoms with Crippen molar-refractivity contribution < 1.29 is 9.53 Å². The summed E-state index contributed by atoms with van der Waals surface area (Å²) in [4.78, 5) is 14.1. The molecule has 1 N–H and O–H groups in total. The van der Waals surface area contributed by atoms with Crippen molar-refractivity contribution in [1.82, 2.24) is 0 Å². The first-order chi connectivity index (χ1) is 9.76. The normalized spacial score (nSPS) is 14.9. The Kier molecular flexibility index (Phi) is 4.45. The first-order valence-electron chi connectivity index (χ1n) is 7.66. The molecule has 0 spiro atoms. The van der Waals surface area contributed by atoms with Gasteiger partial charge in [0.15, 0.2) is 0 Å². The van der Waals surface area contributed by atoms with Crippen molar-refractivity contribution in [3.63, 3.8) is 0 Å². The largest absolute Gasteiger partial charge is 0.443 e. The summed E-state index contributed by atoms with van der Waals surface area (Å²) in [5, 5.41) is 3.40. The lowest BCUT2D eigenvalue weighted by Gasteiger charge is -2.32. The van der Waals surface area contributed by atoms with Gasteiger partial charge in [-0.05, 0) is 71.2 Å². The van der Waals surface area contributed by atoms with Crippen LogP contribution in [0.5, 0.6) is 0 Å². The molecule has 1 amide bonds. The summed E-state index contributed by atoms with van der Waals surface area (Å²) in [5.74, 6) is 0. The van der Waals surface area contributed by atoms with Crippen LogP contribution in [0.25, 0.3) is 0 Å². The molecule has 4 heteroatoms. The van der Waals surface area contributed by atoms with Gasteiger partial charge in [-0.25, -0.2) is 4.79 Å². The monoisotopic (exact) mass is 290 g/mol. The summed E-state index contributed by atoms with van der Waals surface area (Å²) in [6.07, 6.45) is 1.72. The van der Waals surface area contributed by atoms with E-state index in [-0.39, 0.29) is 6.09 Å². The Labute approximate surface area is 127 Å². The van der Waals surface area contributed by atoms with Crippen molar-refractivity contribution in [2.45, 2.75) is 59.1 Å². The average Bonchev–Trinajstić information content (AvgIpc) is 2.34. The second kappa shape index (κ2) is 5.96. The van der Waals surface area contributed by atoms with E-state index < -0.39 is 5.60 Å². The van der Waals surface area contributed by atoms with Crippen molar-refractivity contribution in [3.8, 4) is 0 Å². The summed E-state index contributed by atoms with van der Waals surface area (Å²) in [6, 6.07) is 6.59. The molecule has 1 aliphatic rings. The standard InChI is InChI=1S/C17H26N2O2/c1-12(2)18-14-8-9-15-13(11-14)7-6-10-19(15)16(20)21-17(3,4)5/h8-9,11-12,18H,6-7,10H2,1-5H3. The zero-order valence-electron chi connectivity index (χ0n) is 13.7. The average molecular weight is 290 g/mol. The van der Waals surface area contributed by atoms with E-state index in [0.717, 1.165) is 30.8 Å². The molecule has 1 heterocycles. The second-order valence-corrected chi connectivity index (χ2v) is 6.88. The van der Waals surface area contributed by atoms with Gasteiger partial charge in [0, 0.05) is 18.3 Å². The lowest BCUT2D eigenvalue weighted by atomic mass is 10.0. The van der Waals surface area contributed by atoms with Crippen LogP contribution in [0.2, 0.25) is 0 Å². The second-order valence-electron chi connectivity index (χ2n) is 6.88. The third-order valence-corrected chi connectivity index (χ3v) is 3.27. The van der Waals surface area contributed by atoms with E-state index in [0.29, 0.717) is 6.04 Å². The number of anilines is 2. The van der Waals surface area contributed by atoms with Crippen LogP contribution in [0.3, 0.4) is 0 Å². The van der Waals surface area contributed by atoms with Crippen LogP contribution < -0.4 is 10.2 Å². The van der Waals surface area contributed by atoms with Gasteiger partial charge in [-0.2, -0.15) is 0 Å². The Morgan fingerprint density at radius 3 is 2.67 bits per heavy atom. The number of hydrogen-bond donors (Lipinski definition) is 1. The molecule has 0 aliphatic carbocycles. The summed E-state index contributed by atoms with van der Waals surface area (Å²) in [6.45, 7) is 10.6. The molecule has 1 aliphatic heterocycles. The number of benzene rings is 1. The lowest BCUT2D eigenvalue weighted by molar-refractivity contribution is 0.0578. The van der Waals surface area contributed by atoms with Crippen molar-refractivity contribution in [2.24, 2.45) is 0 Å². The molecule has 4 nitrogen and oxygen atoms in total. The van der Waals surface area contributed by atoms with Crippen LogP contribution in [-0.4, -0.2) is 24.3 Å². The molecule has 0 radical (unpaired) electrons. The fraction of sp³-hybridized carbons (Fsp3) is 0.588. The van der Waals surface area contributed by atoms with Crippen LogP contribution in [-0.2, 0) is 11.2 Å². The first-order valence-corrected chi connectivity index (χ1v) is 7.66. The van der Waals surface area contributed by atoms with Crippen LogP contribution >= 0.6 is 0 Å². The number of hydrogen-bond acceptors (Lipinski definition) is 3. The molecular formula is C17H26N2O2. The Hall–Kier alpha value is -1.71.